The van der Waals surface area contributed by atoms with Gasteiger partial charge in [-0.1, -0.05) is 12.8 Å². The summed E-state index contributed by atoms with van der Waals surface area (Å²) in [6, 6.07) is 4.93. The van der Waals surface area contributed by atoms with Gasteiger partial charge in [0.1, 0.15) is 5.82 Å². The van der Waals surface area contributed by atoms with Gasteiger partial charge in [0.2, 0.25) is 15.9 Å². The largest absolute Gasteiger partial charge is 0.338 e. The molecule has 1 unspecified atom stereocenters. The van der Waals surface area contributed by atoms with Gasteiger partial charge in [0.15, 0.2) is 0 Å². The first-order valence-corrected chi connectivity index (χ1v) is 10.3. The molecule has 2 aliphatic rings. The Morgan fingerprint density at radius 1 is 1.16 bits per heavy atom. The maximum atomic E-state index is 13.0. The number of nitrogens with zero attached hydrogens (tertiary/aromatic N) is 2. The van der Waals surface area contributed by atoms with Crippen LogP contribution in [-0.4, -0.2) is 49.7 Å². The van der Waals surface area contributed by atoms with Crippen molar-refractivity contribution in [2.24, 2.45) is 5.92 Å². The number of rotatable bonds is 5. The molecule has 1 saturated carbocycles. The van der Waals surface area contributed by atoms with Crippen LogP contribution in [0.4, 0.5) is 4.39 Å². The van der Waals surface area contributed by atoms with Gasteiger partial charge in [-0.2, -0.15) is 4.31 Å². The Labute approximate surface area is 148 Å². The Bertz CT molecular complexity index is 714. The zero-order chi connectivity index (χ0) is 18.0. The SMILES string of the molecule is CN(CC(=O)N1CCCC1C1CCCC1)S(=O)(=O)c1ccc(F)cc1. The molecule has 0 N–H and O–H groups in total. The summed E-state index contributed by atoms with van der Waals surface area (Å²) in [7, 11) is -2.40. The van der Waals surface area contributed by atoms with Crippen molar-refractivity contribution in [3.8, 4) is 0 Å². The molecule has 1 atom stereocenters. The molecule has 0 radical (unpaired) electrons. The van der Waals surface area contributed by atoms with E-state index in [1.807, 2.05) is 4.90 Å². The molecule has 5 nitrogen and oxygen atoms in total. The number of halogens is 1. The highest BCUT2D eigenvalue weighted by atomic mass is 32.2. The standard InChI is InChI=1S/C18H25FN2O3S/c1-20(25(23,24)16-10-8-15(19)9-11-16)13-18(22)21-12-4-7-17(21)14-5-2-3-6-14/h8-11,14,17H,2-7,12-13H2,1H3. The molecule has 1 amide bonds. The van der Waals surface area contributed by atoms with Gasteiger partial charge in [0, 0.05) is 19.6 Å². The molecule has 25 heavy (non-hydrogen) atoms. The molecule has 3 rings (SSSR count). The highest BCUT2D eigenvalue weighted by Gasteiger charge is 2.36. The summed E-state index contributed by atoms with van der Waals surface area (Å²) in [6.45, 7) is 0.535. The number of amides is 1. The van der Waals surface area contributed by atoms with Gasteiger partial charge in [-0.25, -0.2) is 12.8 Å². The molecule has 138 valence electrons. The predicted molar refractivity (Wildman–Crippen MR) is 92.9 cm³/mol. The van der Waals surface area contributed by atoms with E-state index < -0.39 is 15.8 Å². The second-order valence-electron chi connectivity index (χ2n) is 7.06. The van der Waals surface area contributed by atoms with Crippen LogP contribution in [0.2, 0.25) is 0 Å². The summed E-state index contributed by atoms with van der Waals surface area (Å²) in [5, 5.41) is 0. The van der Waals surface area contributed by atoms with Crippen LogP contribution in [0.25, 0.3) is 0 Å². The number of carbonyl (C=O) groups is 1. The van der Waals surface area contributed by atoms with E-state index >= 15 is 0 Å². The second kappa shape index (κ2) is 7.41. The molecule has 1 aliphatic heterocycles. The zero-order valence-corrected chi connectivity index (χ0v) is 15.3. The van der Waals surface area contributed by atoms with Gasteiger partial charge < -0.3 is 4.90 Å². The van der Waals surface area contributed by atoms with Crippen molar-refractivity contribution in [1.29, 1.82) is 0 Å². The average molecular weight is 368 g/mol. The van der Waals surface area contributed by atoms with E-state index in [2.05, 4.69) is 0 Å². The van der Waals surface area contributed by atoms with Crippen molar-refractivity contribution >= 4 is 15.9 Å². The number of hydrogen-bond donors (Lipinski definition) is 0. The van der Waals surface area contributed by atoms with Crippen LogP contribution in [-0.2, 0) is 14.8 Å². The molecule has 0 aromatic heterocycles. The first kappa shape index (κ1) is 18.3. The summed E-state index contributed by atoms with van der Waals surface area (Å²) in [6.07, 6.45) is 6.78. The van der Waals surface area contributed by atoms with E-state index in [1.165, 1.54) is 32.0 Å². The quantitative estimate of drug-likeness (QED) is 0.803. The minimum Gasteiger partial charge on any atom is -0.338 e. The minimum absolute atomic E-state index is 0.00188. The second-order valence-corrected chi connectivity index (χ2v) is 9.10. The van der Waals surface area contributed by atoms with Crippen LogP contribution in [0.3, 0.4) is 0 Å². The van der Waals surface area contributed by atoms with E-state index in [-0.39, 0.29) is 23.4 Å². The molecule has 1 heterocycles. The maximum Gasteiger partial charge on any atom is 0.243 e. The third-order valence-electron chi connectivity index (χ3n) is 5.44. The molecular formula is C18H25FN2O3S. The lowest BCUT2D eigenvalue weighted by Gasteiger charge is -2.30. The van der Waals surface area contributed by atoms with Crippen molar-refractivity contribution in [2.75, 3.05) is 20.1 Å². The van der Waals surface area contributed by atoms with Gasteiger partial charge in [0.05, 0.1) is 11.4 Å². The van der Waals surface area contributed by atoms with Gasteiger partial charge in [-0.3, -0.25) is 4.79 Å². The van der Waals surface area contributed by atoms with Gasteiger partial charge in [0.25, 0.3) is 0 Å². The number of carbonyl (C=O) groups excluding carboxylic acids is 1. The van der Waals surface area contributed by atoms with Crippen molar-refractivity contribution in [2.45, 2.75) is 49.5 Å². The van der Waals surface area contributed by atoms with E-state index in [9.17, 15) is 17.6 Å². The normalized spacial score (nSPS) is 22.0. The smallest absolute Gasteiger partial charge is 0.243 e. The van der Waals surface area contributed by atoms with Crippen LogP contribution in [0, 0.1) is 11.7 Å². The lowest BCUT2D eigenvalue weighted by atomic mass is 9.96. The third kappa shape index (κ3) is 3.87. The highest BCUT2D eigenvalue weighted by Crippen LogP contribution is 2.35. The lowest BCUT2D eigenvalue weighted by Crippen LogP contribution is -2.45. The number of likely N-dealkylation sites (N-methyl/N-ethyl adjacent to an activating group) is 1. The number of sulfonamides is 1. The number of benzene rings is 1. The summed E-state index contributed by atoms with van der Waals surface area (Å²) in [4.78, 5) is 14.6. The van der Waals surface area contributed by atoms with E-state index in [0.29, 0.717) is 12.5 Å². The fraction of sp³-hybridized carbons (Fsp3) is 0.611. The average Bonchev–Trinajstić information content (AvgIpc) is 3.26. The van der Waals surface area contributed by atoms with E-state index in [1.54, 1.807) is 0 Å². The monoisotopic (exact) mass is 368 g/mol. The molecule has 1 aliphatic carbocycles. The first-order valence-electron chi connectivity index (χ1n) is 8.91. The fourth-order valence-corrected chi connectivity index (χ4v) is 5.21. The molecule has 7 heteroatoms. The Kier molecular flexibility index (Phi) is 5.43. The van der Waals surface area contributed by atoms with Gasteiger partial charge >= 0.3 is 0 Å². The third-order valence-corrected chi connectivity index (χ3v) is 7.26. The lowest BCUT2D eigenvalue weighted by molar-refractivity contribution is -0.132. The first-order chi connectivity index (χ1) is 11.9. The summed E-state index contributed by atoms with van der Waals surface area (Å²) in [5.74, 6) is -0.0674. The topological polar surface area (TPSA) is 57.7 Å². The van der Waals surface area contributed by atoms with Crippen LogP contribution < -0.4 is 0 Å². The molecule has 1 aromatic carbocycles. The number of hydrogen-bond acceptors (Lipinski definition) is 3. The molecule has 1 saturated heterocycles. The summed E-state index contributed by atoms with van der Waals surface area (Å²) in [5.41, 5.74) is 0. The summed E-state index contributed by atoms with van der Waals surface area (Å²) < 4.78 is 39.2. The molecule has 1 aromatic rings. The van der Waals surface area contributed by atoms with E-state index in [4.69, 9.17) is 0 Å². The maximum absolute atomic E-state index is 13.0. The van der Waals surface area contributed by atoms with Crippen LogP contribution in [0.15, 0.2) is 29.2 Å². The Morgan fingerprint density at radius 2 is 1.80 bits per heavy atom. The Balaban J connectivity index is 1.68. The summed E-state index contributed by atoms with van der Waals surface area (Å²) >= 11 is 0. The molecule has 0 spiro atoms. The van der Waals surface area contributed by atoms with Crippen LogP contribution in [0.5, 0.6) is 0 Å². The predicted octanol–water partition coefficient (Wildman–Crippen LogP) is 2.63. The highest BCUT2D eigenvalue weighted by molar-refractivity contribution is 7.89. The van der Waals surface area contributed by atoms with Gasteiger partial charge in [-0.05, 0) is 55.9 Å². The van der Waals surface area contributed by atoms with Crippen LogP contribution in [0.1, 0.15) is 38.5 Å². The zero-order valence-electron chi connectivity index (χ0n) is 14.5. The Morgan fingerprint density at radius 3 is 2.44 bits per heavy atom. The number of likely N-dealkylation sites (tertiary alicyclic amines) is 1. The molecular weight excluding hydrogens is 343 g/mol. The Hall–Kier alpha value is -1.47. The van der Waals surface area contributed by atoms with Crippen LogP contribution >= 0.6 is 0 Å². The van der Waals surface area contributed by atoms with E-state index in [0.717, 1.165) is 42.1 Å². The van der Waals surface area contributed by atoms with Crippen molar-refractivity contribution in [1.82, 2.24) is 9.21 Å². The van der Waals surface area contributed by atoms with Gasteiger partial charge in [-0.15, -0.1) is 0 Å². The minimum atomic E-state index is -3.80. The van der Waals surface area contributed by atoms with Crippen molar-refractivity contribution in [3.05, 3.63) is 30.1 Å². The fourth-order valence-electron chi connectivity index (χ4n) is 4.09. The molecule has 2 fully saturated rings. The van der Waals surface area contributed by atoms with Crippen molar-refractivity contribution in [3.63, 3.8) is 0 Å². The van der Waals surface area contributed by atoms with Crippen molar-refractivity contribution < 1.29 is 17.6 Å². The molecule has 0 bridgehead atoms.